The number of carbonyl (C=O) groups is 1. The first-order valence-electron chi connectivity index (χ1n) is 5.92. The summed E-state index contributed by atoms with van der Waals surface area (Å²) in [6, 6.07) is 5.40. The molecule has 1 fully saturated rings. The number of ether oxygens (including phenoxy) is 1. The van der Waals surface area contributed by atoms with Crippen molar-refractivity contribution in [3.8, 4) is 5.75 Å². The molecule has 3 rings (SSSR count). The van der Waals surface area contributed by atoms with Crippen molar-refractivity contribution < 1.29 is 9.53 Å². The Bertz CT molecular complexity index is 470. The highest BCUT2D eigenvalue weighted by atomic mass is 35.5. The van der Waals surface area contributed by atoms with Gasteiger partial charge in [0.15, 0.2) is 5.78 Å². The lowest BCUT2D eigenvalue weighted by Crippen LogP contribution is -2.49. The van der Waals surface area contributed by atoms with Crippen LogP contribution in [0.2, 0.25) is 5.02 Å². The van der Waals surface area contributed by atoms with Crippen LogP contribution in [0.15, 0.2) is 18.2 Å². The maximum Gasteiger partial charge on any atom is 0.172 e. The molecule has 5 heteroatoms. The van der Waals surface area contributed by atoms with Crippen LogP contribution in [0.1, 0.15) is 29.6 Å². The van der Waals surface area contributed by atoms with Gasteiger partial charge in [-0.3, -0.25) is 4.79 Å². The van der Waals surface area contributed by atoms with Crippen LogP contribution in [-0.4, -0.2) is 24.5 Å². The molecule has 1 spiro atoms. The number of carbonyl (C=O) groups excluding carboxylic acids is 1. The Labute approximate surface area is 117 Å². The van der Waals surface area contributed by atoms with Gasteiger partial charge < -0.3 is 10.1 Å². The molecule has 2 aliphatic heterocycles. The average molecular weight is 288 g/mol. The highest BCUT2D eigenvalue weighted by molar-refractivity contribution is 6.34. The van der Waals surface area contributed by atoms with E-state index in [1.54, 1.807) is 6.07 Å². The first-order valence-corrected chi connectivity index (χ1v) is 6.29. The van der Waals surface area contributed by atoms with E-state index in [-0.39, 0.29) is 23.8 Å². The number of piperidine rings is 1. The Morgan fingerprint density at radius 2 is 2.00 bits per heavy atom. The zero-order valence-corrected chi connectivity index (χ0v) is 11.4. The van der Waals surface area contributed by atoms with Crippen LogP contribution in [0, 0.1) is 0 Å². The second-order valence-corrected chi connectivity index (χ2v) is 5.16. The Morgan fingerprint density at radius 1 is 1.28 bits per heavy atom. The largest absolute Gasteiger partial charge is 0.486 e. The molecule has 1 saturated heterocycles. The zero-order valence-electron chi connectivity index (χ0n) is 9.87. The Balaban J connectivity index is 0.00000120. The molecule has 0 unspecified atom stereocenters. The van der Waals surface area contributed by atoms with Gasteiger partial charge in [0.25, 0.3) is 0 Å². The summed E-state index contributed by atoms with van der Waals surface area (Å²) < 4.78 is 6.07. The summed E-state index contributed by atoms with van der Waals surface area (Å²) in [5.41, 5.74) is 0.248. The second kappa shape index (κ2) is 5.08. The smallest absolute Gasteiger partial charge is 0.172 e. The van der Waals surface area contributed by atoms with Gasteiger partial charge in [0, 0.05) is 12.8 Å². The highest BCUT2D eigenvalue weighted by Gasteiger charge is 2.41. The van der Waals surface area contributed by atoms with Gasteiger partial charge in [-0.1, -0.05) is 17.7 Å². The summed E-state index contributed by atoms with van der Waals surface area (Å²) in [6.45, 7) is 1.81. The van der Waals surface area contributed by atoms with Crippen molar-refractivity contribution in [2.45, 2.75) is 24.9 Å². The summed E-state index contributed by atoms with van der Waals surface area (Å²) in [5, 5.41) is 3.79. The van der Waals surface area contributed by atoms with Gasteiger partial charge in [0.2, 0.25) is 0 Å². The number of Topliss-reactive ketones (excluding diaryl/α,β-unsaturated/α-hetero) is 1. The predicted molar refractivity (Wildman–Crippen MR) is 73.1 cm³/mol. The van der Waals surface area contributed by atoms with Gasteiger partial charge in [-0.2, -0.15) is 0 Å². The van der Waals surface area contributed by atoms with Gasteiger partial charge in [-0.15, -0.1) is 12.4 Å². The number of nitrogens with one attached hydrogen (secondary N) is 1. The molecule has 2 heterocycles. The lowest BCUT2D eigenvalue weighted by molar-refractivity contribution is 0.0188. The number of benzene rings is 1. The minimum Gasteiger partial charge on any atom is -0.486 e. The lowest BCUT2D eigenvalue weighted by atomic mass is 9.83. The van der Waals surface area contributed by atoms with E-state index < -0.39 is 0 Å². The number of rotatable bonds is 0. The number of hydrogen-bond donors (Lipinski definition) is 1. The molecular formula is C13H15Cl2NO2. The number of halogens is 2. The molecule has 0 amide bonds. The second-order valence-electron chi connectivity index (χ2n) is 4.75. The Morgan fingerprint density at radius 3 is 2.72 bits per heavy atom. The Hall–Kier alpha value is -0.770. The molecule has 1 N–H and O–H groups in total. The van der Waals surface area contributed by atoms with E-state index >= 15 is 0 Å². The molecule has 3 nitrogen and oxygen atoms in total. The van der Waals surface area contributed by atoms with E-state index in [2.05, 4.69) is 5.32 Å². The Kier molecular flexibility index (Phi) is 3.85. The standard InChI is InChI=1S/C13H14ClNO2.ClH/c14-9-2-1-3-11-12(9)10(16)8-13(17-11)4-6-15-7-5-13;/h1-3,15H,4-8H2;1H. The molecule has 0 aliphatic carbocycles. The van der Waals surface area contributed by atoms with Crippen molar-refractivity contribution in [2.24, 2.45) is 0 Å². The minimum absolute atomic E-state index is 0. The molecule has 0 aromatic heterocycles. The summed E-state index contributed by atoms with van der Waals surface area (Å²) >= 11 is 6.05. The van der Waals surface area contributed by atoms with Crippen molar-refractivity contribution in [1.29, 1.82) is 0 Å². The first-order chi connectivity index (χ1) is 8.20. The van der Waals surface area contributed by atoms with E-state index in [9.17, 15) is 4.79 Å². The van der Waals surface area contributed by atoms with E-state index in [0.29, 0.717) is 22.8 Å². The van der Waals surface area contributed by atoms with Crippen LogP contribution >= 0.6 is 24.0 Å². The topological polar surface area (TPSA) is 38.3 Å². The monoisotopic (exact) mass is 287 g/mol. The third kappa shape index (κ3) is 2.22. The SMILES string of the molecule is Cl.O=C1CC2(CCNCC2)Oc2cccc(Cl)c21. The number of fused-ring (bicyclic) bond motifs is 1. The normalized spacial score (nSPS) is 20.8. The van der Waals surface area contributed by atoms with Gasteiger partial charge in [0.05, 0.1) is 17.0 Å². The summed E-state index contributed by atoms with van der Waals surface area (Å²) in [7, 11) is 0. The fraction of sp³-hybridized carbons (Fsp3) is 0.462. The van der Waals surface area contributed by atoms with Gasteiger partial charge >= 0.3 is 0 Å². The fourth-order valence-corrected chi connectivity index (χ4v) is 2.94. The summed E-state index contributed by atoms with van der Waals surface area (Å²) in [5.74, 6) is 0.759. The van der Waals surface area contributed by atoms with Crippen LogP contribution in [0.3, 0.4) is 0 Å². The van der Waals surface area contributed by atoms with Crippen molar-refractivity contribution >= 4 is 29.8 Å². The van der Waals surface area contributed by atoms with E-state index in [1.165, 1.54) is 0 Å². The van der Waals surface area contributed by atoms with Crippen molar-refractivity contribution in [2.75, 3.05) is 13.1 Å². The quantitative estimate of drug-likeness (QED) is 0.797. The molecule has 2 aliphatic rings. The van der Waals surface area contributed by atoms with Crippen LogP contribution in [0.5, 0.6) is 5.75 Å². The molecule has 0 radical (unpaired) electrons. The van der Waals surface area contributed by atoms with Crippen molar-refractivity contribution in [3.63, 3.8) is 0 Å². The molecule has 1 aromatic rings. The molecule has 98 valence electrons. The van der Waals surface area contributed by atoms with E-state index in [1.807, 2.05) is 12.1 Å². The van der Waals surface area contributed by atoms with E-state index in [0.717, 1.165) is 25.9 Å². The third-order valence-electron chi connectivity index (χ3n) is 3.58. The van der Waals surface area contributed by atoms with E-state index in [4.69, 9.17) is 16.3 Å². The fourth-order valence-electron chi connectivity index (χ4n) is 2.67. The van der Waals surface area contributed by atoms with Crippen LogP contribution in [0.4, 0.5) is 0 Å². The molecule has 0 saturated carbocycles. The van der Waals surface area contributed by atoms with Gasteiger partial charge in [0.1, 0.15) is 11.4 Å². The maximum absolute atomic E-state index is 12.2. The zero-order chi connectivity index (χ0) is 11.9. The van der Waals surface area contributed by atoms with Gasteiger partial charge in [-0.25, -0.2) is 0 Å². The third-order valence-corrected chi connectivity index (χ3v) is 3.89. The van der Waals surface area contributed by atoms with Crippen LogP contribution < -0.4 is 10.1 Å². The molecule has 1 aromatic carbocycles. The van der Waals surface area contributed by atoms with Crippen LogP contribution in [0.25, 0.3) is 0 Å². The van der Waals surface area contributed by atoms with Gasteiger partial charge in [-0.05, 0) is 25.2 Å². The summed E-state index contributed by atoms with van der Waals surface area (Å²) in [6.07, 6.45) is 2.21. The van der Waals surface area contributed by atoms with Crippen molar-refractivity contribution in [3.05, 3.63) is 28.8 Å². The number of hydrogen-bond acceptors (Lipinski definition) is 3. The molecule has 0 atom stereocenters. The predicted octanol–water partition coefficient (Wildman–Crippen LogP) is 2.85. The van der Waals surface area contributed by atoms with Crippen LogP contribution in [-0.2, 0) is 0 Å². The molecule has 0 bridgehead atoms. The maximum atomic E-state index is 12.2. The number of ketones is 1. The summed E-state index contributed by atoms with van der Waals surface area (Å²) in [4.78, 5) is 12.2. The molecular weight excluding hydrogens is 273 g/mol. The van der Waals surface area contributed by atoms with Crippen molar-refractivity contribution in [1.82, 2.24) is 5.32 Å². The molecule has 18 heavy (non-hydrogen) atoms. The lowest BCUT2D eigenvalue weighted by Gasteiger charge is -2.41. The highest BCUT2D eigenvalue weighted by Crippen LogP contribution is 2.40. The minimum atomic E-state index is -0.306. The first kappa shape index (κ1) is 13.7. The average Bonchev–Trinajstić information content (AvgIpc) is 2.29.